The van der Waals surface area contributed by atoms with Crippen LogP contribution in [0.15, 0.2) is 12.4 Å². The molecule has 6 heteroatoms. The Kier molecular flexibility index (Phi) is 3.51. The maximum absolute atomic E-state index is 12.9. The highest BCUT2D eigenvalue weighted by atomic mass is 19.1. The predicted octanol–water partition coefficient (Wildman–Crippen LogP) is 1.31. The fourth-order valence-corrected chi connectivity index (χ4v) is 3.32. The number of anilines is 1. The van der Waals surface area contributed by atoms with E-state index >= 15 is 0 Å². The van der Waals surface area contributed by atoms with Gasteiger partial charge in [-0.15, -0.1) is 0 Å². The van der Waals surface area contributed by atoms with Crippen molar-refractivity contribution in [1.29, 1.82) is 0 Å². The maximum atomic E-state index is 12.9. The van der Waals surface area contributed by atoms with Gasteiger partial charge in [-0.25, -0.2) is 14.4 Å². The van der Waals surface area contributed by atoms with Crippen LogP contribution in [0, 0.1) is 11.7 Å². The number of hydrogen-bond donors (Lipinski definition) is 0. The van der Waals surface area contributed by atoms with Crippen molar-refractivity contribution in [2.75, 3.05) is 37.7 Å². The van der Waals surface area contributed by atoms with Crippen molar-refractivity contribution < 1.29 is 9.13 Å². The molecule has 0 radical (unpaired) electrons. The third kappa shape index (κ3) is 3.01. The summed E-state index contributed by atoms with van der Waals surface area (Å²) in [6, 6.07) is 0.511. The molecule has 0 amide bonds. The summed E-state index contributed by atoms with van der Waals surface area (Å²) in [7, 11) is 0. The van der Waals surface area contributed by atoms with E-state index in [1.54, 1.807) is 0 Å². The number of ether oxygens (including phenoxy) is 1. The molecule has 1 aromatic rings. The topological polar surface area (TPSA) is 41.5 Å². The molecule has 5 nitrogen and oxygen atoms in total. The lowest BCUT2D eigenvalue weighted by molar-refractivity contribution is 0.0521. The third-order valence-corrected chi connectivity index (χ3v) is 4.73. The molecule has 0 aromatic carbocycles. The SMILES string of the molecule is Fc1cnc(N2CCN3C[C@H](OCC4CC4)C[C@H]3C2)nc1. The van der Waals surface area contributed by atoms with Crippen LogP contribution in [-0.2, 0) is 4.74 Å². The van der Waals surface area contributed by atoms with E-state index in [-0.39, 0.29) is 5.82 Å². The van der Waals surface area contributed by atoms with E-state index in [2.05, 4.69) is 19.8 Å². The van der Waals surface area contributed by atoms with Gasteiger partial charge in [-0.05, 0) is 25.2 Å². The van der Waals surface area contributed by atoms with Crippen LogP contribution in [0.25, 0.3) is 0 Å². The summed E-state index contributed by atoms with van der Waals surface area (Å²) in [5, 5.41) is 0. The van der Waals surface area contributed by atoms with Crippen LogP contribution in [0.4, 0.5) is 10.3 Å². The number of fused-ring (bicyclic) bond motifs is 1. The van der Waals surface area contributed by atoms with Gasteiger partial charge in [0.2, 0.25) is 5.95 Å². The Balaban J connectivity index is 1.35. The first kappa shape index (κ1) is 13.4. The molecule has 0 bridgehead atoms. The van der Waals surface area contributed by atoms with Crippen LogP contribution in [0.5, 0.6) is 0 Å². The van der Waals surface area contributed by atoms with Gasteiger partial charge < -0.3 is 9.64 Å². The molecule has 0 N–H and O–H groups in total. The van der Waals surface area contributed by atoms with Crippen molar-refractivity contribution in [2.24, 2.45) is 5.92 Å². The summed E-state index contributed by atoms with van der Waals surface area (Å²) >= 11 is 0. The van der Waals surface area contributed by atoms with Gasteiger partial charge in [0.1, 0.15) is 0 Å². The fraction of sp³-hybridized carbons (Fsp3) is 0.733. The molecule has 1 saturated carbocycles. The Bertz CT molecular complexity index is 493. The van der Waals surface area contributed by atoms with Gasteiger partial charge in [-0.2, -0.15) is 0 Å². The molecule has 0 unspecified atom stereocenters. The van der Waals surface area contributed by atoms with Gasteiger partial charge in [0.15, 0.2) is 5.82 Å². The van der Waals surface area contributed by atoms with Crippen LogP contribution in [0.2, 0.25) is 0 Å². The minimum absolute atomic E-state index is 0.379. The first-order chi connectivity index (χ1) is 10.3. The normalized spacial score (nSPS) is 29.7. The molecule has 3 heterocycles. The molecule has 3 aliphatic rings. The van der Waals surface area contributed by atoms with E-state index in [0.717, 1.165) is 45.1 Å². The Morgan fingerprint density at radius 1 is 1.19 bits per heavy atom. The van der Waals surface area contributed by atoms with Gasteiger partial charge >= 0.3 is 0 Å². The summed E-state index contributed by atoms with van der Waals surface area (Å²) in [6.45, 7) is 4.81. The first-order valence-electron chi connectivity index (χ1n) is 7.86. The number of rotatable bonds is 4. The van der Waals surface area contributed by atoms with E-state index in [0.29, 0.717) is 18.1 Å². The van der Waals surface area contributed by atoms with Crippen LogP contribution in [0.1, 0.15) is 19.3 Å². The molecule has 1 aromatic heterocycles. The van der Waals surface area contributed by atoms with Crippen LogP contribution >= 0.6 is 0 Å². The Morgan fingerprint density at radius 2 is 2.00 bits per heavy atom. The van der Waals surface area contributed by atoms with Crippen molar-refractivity contribution >= 4 is 5.95 Å². The molecular formula is C15H21FN4O. The molecule has 1 aliphatic carbocycles. The molecule has 4 rings (SSSR count). The summed E-state index contributed by atoms with van der Waals surface area (Å²) in [4.78, 5) is 12.9. The monoisotopic (exact) mass is 292 g/mol. The molecule has 2 atom stereocenters. The summed E-state index contributed by atoms with van der Waals surface area (Å²) in [5.74, 6) is 1.08. The standard InChI is InChI=1S/C15H21FN4O/c16-12-6-17-15(18-7-12)20-4-3-19-9-14(5-13(19)8-20)21-10-11-1-2-11/h6-7,11,13-14H,1-5,8-10H2/t13-,14+/m0/s1. The van der Waals surface area contributed by atoms with Gasteiger partial charge in [-0.1, -0.05) is 0 Å². The number of piperazine rings is 1. The van der Waals surface area contributed by atoms with Crippen molar-refractivity contribution in [3.05, 3.63) is 18.2 Å². The zero-order chi connectivity index (χ0) is 14.2. The quantitative estimate of drug-likeness (QED) is 0.837. The summed E-state index contributed by atoms with van der Waals surface area (Å²) in [5.41, 5.74) is 0. The van der Waals surface area contributed by atoms with Crippen LogP contribution in [-0.4, -0.2) is 59.8 Å². The van der Waals surface area contributed by atoms with Crippen molar-refractivity contribution in [3.63, 3.8) is 0 Å². The second-order valence-electron chi connectivity index (χ2n) is 6.43. The lowest BCUT2D eigenvalue weighted by atomic mass is 10.1. The average molecular weight is 292 g/mol. The van der Waals surface area contributed by atoms with E-state index in [9.17, 15) is 4.39 Å². The molecule has 3 fully saturated rings. The Hall–Kier alpha value is -1.27. The van der Waals surface area contributed by atoms with Crippen molar-refractivity contribution in [1.82, 2.24) is 14.9 Å². The largest absolute Gasteiger partial charge is 0.377 e. The lowest BCUT2D eigenvalue weighted by Crippen LogP contribution is -2.50. The average Bonchev–Trinajstić information content (AvgIpc) is 3.24. The highest BCUT2D eigenvalue weighted by molar-refractivity contribution is 5.30. The second-order valence-corrected chi connectivity index (χ2v) is 6.43. The molecule has 21 heavy (non-hydrogen) atoms. The van der Waals surface area contributed by atoms with E-state index in [1.807, 2.05) is 0 Å². The Labute approximate surface area is 124 Å². The second kappa shape index (κ2) is 5.50. The number of halogens is 1. The molecule has 2 saturated heterocycles. The zero-order valence-corrected chi connectivity index (χ0v) is 12.1. The van der Waals surface area contributed by atoms with Gasteiger partial charge in [-0.3, -0.25) is 4.90 Å². The highest BCUT2D eigenvalue weighted by Gasteiger charge is 2.37. The summed E-state index contributed by atoms with van der Waals surface area (Å²) in [6.07, 6.45) is 6.63. The van der Waals surface area contributed by atoms with E-state index in [1.165, 1.54) is 25.2 Å². The fourth-order valence-electron chi connectivity index (χ4n) is 3.32. The highest BCUT2D eigenvalue weighted by Crippen LogP contribution is 2.31. The molecule has 2 aliphatic heterocycles. The molecular weight excluding hydrogens is 271 g/mol. The van der Waals surface area contributed by atoms with E-state index in [4.69, 9.17) is 4.74 Å². The van der Waals surface area contributed by atoms with Gasteiger partial charge in [0.05, 0.1) is 18.5 Å². The van der Waals surface area contributed by atoms with Crippen LogP contribution < -0.4 is 4.90 Å². The van der Waals surface area contributed by atoms with Gasteiger partial charge in [0, 0.05) is 38.8 Å². The first-order valence-corrected chi connectivity index (χ1v) is 7.86. The summed E-state index contributed by atoms with van der Waals surface area (Å²) < 4.78 is 18.9. The zero-order valence-electron chi connectivity index (χ0n) is 12.1. The maximum Gasteiger partial charge on any atom is 0.225 e. The van der Waals surface area contributed by atoms with Crippen molar-refractivity contribution in [2.45, 2.75) is 31.4 Å². The predicted molar refractivity (Wildman–Crippen MR) is 76.6 cm³/mol. The number of aromatic nitrogens is 2. The van der Waals surface area contributed by atoms with Gasteiger partial charge in [0.25, 0.3) is 0 Å². The molecule has 0 spiro atoms. The third-order valence-electron chi connectivity index (χ3n) is 4.73. The van der Waals surface area contributed by atoms with E-state index < -0.39 is 0 Å². The molecule has 114 valence electrons. The van der Waals surface area contributed by atoms with Crippen LogP contribution in [0.3, 0.4) is 0 Å². The number of nitrogens with zero attached hydrogens (tertiary/aromatic N) is 4. The number of hydrogen-bond acceptors (Lipinski definition) is 5. The minimum Gasteiger partial charge on any atom is -0.377 e. The van der Waals surface area contributed by atoms with Crippen molar-refractivity contribution in [3.8, 4) is 0 Å². The lowest BCUT2D eigenvalue weighted by Gasteiger charge is -2.37. The Morgan fingerprint density at radius 3 is 2.76 bits per heavy atom. The minimum atomic E-state index is -0.383. The smallest absolute Gasteiger partial charge is 0.225 e.